The summed E-state index contributed by atoms with van der Waals surface area (Å²) in [5.41, 5.74) is 11.2. The number of imidazole rings is 2. The molecule has 0 unspecified atom stereocenters. The maximum atomic E-state index is 5.27. The van der Waals surface area contributed by atoms with Crippen molar-refractivity contribution in [3.8, 4) is 33.8 Å². The van der Waals surface area contributed by atoms with E-state index in [0.29, 0.717) is 0 Å². The topological polar surface area (TPSA) is 47.5 Å². The second-order valence-electron chi connectivity index (χ2n) is 10.2. The molecule has 5 aromatic heterocycles. The monoisotopic (exact) mass is 543 g/mol. The van der Waals surface area contributed by atoms with Crippen LogP contribution in [-0.2, 0) is 0 Å². The summed E-state index contributed by atoms with van der Waals surface area (Å²) in [5.74, 6) is 0. The van der Waals surface area contributed by atoms with Gasteiger partial charge in [0.15, 0.2) is 4.96 Å². The molecule has 9 rings (SSSR count). The summed E-state index contributed by atoms with van der Waals surface area (Å²) in [6.45, 7) is 0. The summed E-state index contributed by atoms with van der Waals surface area (Å²) in [7, 11) is 0. The van der Waals surface area contributed by atoms with Crippen molar-refractivity contribution in [3.05, 3.63) is 128 Å². The summed E-state index contributed by atoms with van der Waals surface area (Å²) in [5, 5.41) is 1.07. The van der Waals surface area contributed by atoms with Gasteiger partial charge in [-0.15, -0.1) is 0 Å². The average molecular weight is 544 g/mol. The van der Waals surface area contributed by atoms with E-state index in [1.807, 2.05) is 18.2 Å². The molecular weight excluding hydrogens is 522 g/mol. The number of aromatic nitrogens is 5. The van der Waals surface area contributed by atoms with Gasteiger partial charge in [-0.25, -0.2) is 15.0 Å². The first-order chi connectivity index (χ1) is 20.3. The first-order valence-corrected chi connectivity index (χ1v) is 14.4. The number of rotatable bonds is 3. The number of fused-ring (bicyclic) bond motifs is 8. The Balaban J connectivity index is 1.36. The third-order valence-electron chi connectivity index (χ3n) is 7.76. The van der Waals surface area contributed by atoms with Crippen LogP contribution >= 0.6 is 11.3 Å². The van der Waals surface area contributed by atoms with Crippen LogP contribution in [0.3, 0.4) is 0 Å². The van der Waals surface area contributed by atoms with E-state index in [1.54, 1.807) is 11.3 Å². The lowest BCUT2D eigenvalue weighted by Gasteiger charge is -2.11. The van der Waals surface area contributed by atoms with E-state index in [-0.39, 0.29) is 0 Å². The molecule has 9 aromatic rings. The highest BCUT2D eigenvalue weighted by molar-refractivity contribution is 7.23. The minimum atomic E-state index is 0.917. The number of pyridine rings is 2. The van der Waals surface area contributed by atoms with E-state index < -0.39 is 0 Å². The fraction of sp³-hybridized carbons (Fsp3) is 0. The van der Waals surface area contributed by atoms with Crippen LogP contribution in [0.2, 0.25) is 0 Å². The van der Waals surface area contributed by atoms with E-state index in [0.717, 1.165) is 71.8 Å². The molecule has 0 saturated heterocycles. The van der Waals surface area contributed by atoms with Gasteiger partial charge >= 0.3 is 0 Å². The number of hydrogen-bond donors (Lipinski definition) is 0. The zero-order chi connectivity index (χ0) is 26.9. The van der Waals surface area contributed by atoms with Crippen LogP contribution in [0.5, 0.6) is 0 Å². The van der Waals surface area contributed by atoms with Crippen molar-refractivity contribution in [3.63, 3.8) is 0 Å². The third-order valence-corrected chi connectivity index (χ3v) is 8.78. The van der Waals surface area contributed by atoms with Crippen molar-refractivity contribution >= 4 is 54.1 Å². The van der Waals surface area contributed by atoms with Gasteiger partial charge < -0.3 is 0 Å². The maximum Gasteiger partial charge on any atom is 0.195 e. The summed E-state index contributed by atoms with van der Waals surface area (Å²) in [6, 6.07) is 42.0. The van der Waals surface area contributed by atoms with Crippen molar-refractivity contribution < 1.29 is 0 Å². The van der Waals surface area contributed by atoms with Gasteiger partial charge in [0.25, 0.3) is 0 Å². The number of hydrogen-bond acceptors (Lipinski definition) is 4. The minimum Gasteiger partial charge on any atom is -0.299 e. The first-order valence-electron chi connectivity index (χ1n) is 13.6. The normalized spacial score (nSPS) is 11.9. The zero-order valence-corrected chi connectivity index (χ0v) is 22.6. The molecule has 0 amide bonds. The van der Waals surface area contributed by atoms with Crippen molar-refractivity contribution in [1.82, 2.24) is 23.8 Å². The van der Waals surface area contributed by atoms with Gasteiger partial charge in [-0.2, -0.15) is 0 Å². The fourth-order valence-corrected chi connectivity index (χ4v) is 6.98. The molecule has 0 bridgehead atoms. The van der Waals surface area contributed by atoms with Crippen LogP contribution in [0.4, 0.5) is 0 Å². The summed E-state index contributed by atoms with van der Waals surface area (Å²) in [6.07, 6.45) is 2.08. The summed E-state index contributed by atoms with van der Waals surface area (Å²) >= 11 is 1.71. The highest BCUT2D eigenvalue weighted by Crippen LogP contribution is 2.39. The van der Waals surface area contributed by atoms with Crippen LogP contribution in [0.1, 0.15) is 0 Å². The van der Waals surface area contributed by atoms with Gasteiger partial charge in [-0.1, -0.05) is 96.3 Å². The van der Waals surface area contributed by atoms with E-state index in [4.69, 9.17) is 15.0 Å². The molecule has 0 atom stereocenters. The molecule has 192 valence electrons. The molecule has 0 fully saturated rings. The Morgan fingerprint density at radius 2 is 1.37 bits per heavy atom. The van der Waals surface area contributed by atoms with E-state index in [2.05, 4.69) is 118 Å². The lowest BCUT2D eigenvalue weighted by atomic mass is 10.0. The number of nitrogens with zero attached hydrogens (tertiary/aromatic N) is 5. The van der Waals surface area contributed by atoms with E-state index in [1.165, 1.54) is 4.70 Å². The molecule has 0 aliphatic heterocycles. The molecule has 0 saturated carbocycles. The van der Waals surface area contributed by atoms with E-state index in [9.17, 15) is 0 Å². The predicted molar refractivity (Wildman–Crippen MR) is 168 cm³/mol. The van der Waals surface area contributed by atoms with Crippen molar-refractivity contribution in [1.29, 1.82) is 0 Å². The Morgan fingerprint density at radius 3 is 2.32 bits per heavy atom. The largest absolute Gasteiger partial charge is 0.299 e. The molecule has 5 heterocycles. The van der Waals surface area contributed by atoms with Gasteiger partial charge in [0, 0.05) is 28.3 Å². The van der Waals surface area contributed by atoms with Crippen LogP contribution in [0.25, 0.3) is 76.5 Å². The SMILES string of the molecule is c1ccc(-c2nc3ccccn3c2-c2cccc(-c3nc4ccccc4c4nc5sc6ccccc6n5c34)c2)cc1. The van der Waals surface area contributed by atoms with Gasteiger partial charge in [0.05, 0.1) is 32.8 Å². The smallest absolute Gasteiger partial charge is 0.195 e. The number of benzene rings is 4. The van der Waals surface area contributed by atoms with Crippen molar-refractivity contribution in [2.45, 2.75) is 0 Å². The van der Waals surface area contributed by atoms with Crippen LogP contribution in [0, 0.1) is 0 Å². The molecule has 0 spiro atoms. The fourth-order valence-electron chi connectivity index (χ4n) is 5.95. The molecule has 4 aromatic carbocycles. The predicted octanol–water partition coefficient (Wildman–Crippen LogP) is 8.90. The Kier molecular flexibility index (Phi) is 4.71. The molecular formula is C35H21N5S. The molecule has 0 aliphatic rings. The highest BCUT2D eigenvalue weighted by Gasteiger charge is 2.21. The van der Waals surface area contributed by atoms with Gasteiger partial charge in [0.2, 0.25) is 0 Å². The molecule has 6 heteroatoms. The quantitative estimate of drug-likeness (QED) is 0.224. The number of para-hydroxylation sites is 2. The summed E-state index contributed by atoms with van der Waals surface area (Å²) in [4.78, 5) is 16.5. The first kappa shape index (κ1) is 22.5. The Hall–Kier alpha value is -5.33. The number of thiazole rings is 1. The molecule has 5 nitrogen and oxygen atoms in total. The highest BCUT2D eigenvalue weighted by atomic mass is 32.1. The van der Waals surface area contributed by atoms with Gasteiger partial charge in [0.1, 0.15) is 16.7 Å². The van der Waals surface area contributed by atoms with Crippen LogP contribution in [0.15, 0.2) is 128 Å². The maximum absolute atomic E-state index is 5.27. The second kappa shape index (κ2) is 8.58. The van der Waals surface area contributed by atoms with Crippen LogP contribution in [-0.4, -0.2) is 23.8 Å². The van der Waals surface area contributed by atoms with Crippen molar-refractivity contribution in [2.75, 3.05) is 0 Å². The summed E-state index contributed by atoms with van der Waals surface area (Å²) < 4.78 is 5.66. The molecule has 0 aliphatic carbocycles. The molecule has 0 N–H and O–H groups in total. The second-order valence-corrected chi connectivity index (χ2v) is 11.2. The van der Waals surface area contributed by atoms with Gasteiger partial charge in [-0.05, 0) is 36.4 Å². The third kappa shape index (κ3) is 3.31. The Morgan fingerprint density at radius 1 is 0.585 bits per heavy atom. The Bertz CT molecular complexity index is 2430. The Labute approximate surface area is 238 Å². The van der Waals surface area contributed by atoms with Crippen LogP contribution < -0.4 is 0 Å². The van der Waals surface area contributed by atoms with E-state index >= 15 is 0 Å². The van der Waals surface area contributed by atoms with Gasteiger partial charge in [-0.3, -0.25) is 8.80 Å². The average Bonchev–Trinajstić information content (AvgIpc) is 3.71. The zero-order valence-electron chi connectivity index (χ0n) is 21.8. The minimum absolute atomic E-state index is 0.917. The molecule has 0 radical (unpaired) electrons. The molecule has 41 heavy (non-hydrogen) atoms. The lowest BCUT2D eigenvalue weighted by molar-refractivity contribution is 1.19. The van der Waals surface area contributed by atoms with Crippen molar-refractivity contribution in [2.24, 2.45) is 0 Å². The lowest BCUT2D eigenvalue weighted by Crippen LogP contribution is -1.94. The standard InChI is InChI=1S/C35H21N5S/c1-2-11-22(12-3-1)30-33(39-20-9-8-19-29(39)37-30)24-14-10-13-23(21-24)31-34-32(25-15-4-5-16-26(25)36-31)38-35-40(34)27-17-6-7-18-28(27)41-35/h1-21H.